The highest BCUT2D eigenvalue weighted by Crippen LogP contribution is 2.34. The number of fused-ring (bicyclic) bond motifs is 1. The summed E-state index contributed by atoms with van der Waals surface area (Å²) in [5.74, 6) is 0.0102. The van der Waals surface area contributed by atoms with Gasteiger partial charge in [-0.1, -0.05) is 11.6 Å². The number of hydrogen-bond donors (Lipinski definition) is 1. The number of benzene rings is 1. The first-order chi connectivity index (χ1) is 12.1. The van der Waals surface area contributed by atoms with Gasteiger partial charge in [0.15, 0.2) is 0 Å². The molecule has 1 aliphatic rings. The number of amides is 1. The average molecular weight is 358 g/mol. The van der Waals surface area contributed by atoms with Crippen LogP contribution in [-0.2, 0) is 6.54 Å². The highest BCUT2D eigenvalue weighted by Gasteiger charge is 2.38. The van der Waals surface area contributed by atoms with Gasteiger partial charge in [0.25, 0.3) is 5.91 Å². The molecule has 0 aliphatic carbocycles. The van der Waals surface area contributed by atoms with Crippen LogP contribution in [0.15, 0.2) is 59.3 Å². The maximum absolute atomic E-state index is 13.4. The van der Waals surface area contributed by atoms with E-state index in [-0.39, 0.29) is 17.5 Å². The highest BCUT2D eigenvalue weighted by molar-refractivity contribution is 6.31. The summed E-state index contributed by atoms with van der Waals surface area (Å²) in [5, 5.41) is 3.22. The average Bonchev–Trinajstić information content (AvgIpc) is 3.21. The predicted octanol–water partition coefficient (Wildman–Crippen LogP) is 4.23. The zero-order valence-corrected chi connectivity index (χ0v) is 13.7. The molecule has 25 heavy (non-hydrogen) atoms. The first kappa shape index (κ1) is 15.7. The fourth-order valence-corrected chi connectivity index (χ4v) is 3.04. The number of aromatic nitrogens is 1. The number of carbonyl (C=O) groups is 1. The summed E-state index contributed by atoms with van der Waals surface area (Å²) in [6, 6.07) is 11.3. The number of halogens is 2. The molecule has 5 nitrogen and oxygen atoms in total. The van der Waals surface area contributed by atoms with E-state index < -0.39 is 12.0 Å². The van der Waals surface area contributed by atoms with Crippen LogP contribution in [0.2, 0.25) is 5.02 Å². The Bertz CT molecular complexity index is 930. The van der Waals surface area contributed by atoms with Crippen LogP contribution in [-0.4, -0.2) is 15.8 Å². The zero-order valence-electron chi connectivity index (χ0n) is 12.9. The van der Waals surface area contributed by atoms with Crippen LogP contribution in [0.3, 0.4) is 0 Å². The van der Waals surface area contributed by atoms with E-state index in [1.807, 2.05) is 0 Å². The summed E-state index contributed by atoms with van der Waals surface area (Å²) < 4.78 is 18.8. The van der Waals surface area contributed by atoms with E-state index in [0.29, 0.717) is 22.7 Å². The molecule has 0 unspecified atom stereocenters. The van der Waals surface area contributed by atoms with Crippen molar-refractivity contribution in [3.8, 4) is 0 Å². The van der Waals surface area contributed by atoms with Gasteiger partial charge in [-0.2, -0.15) is 0 Å². The third-order valence-corrected chi connectivity index (χ3v) is 4.32. The molecule has 3 heterocycles. The lowest BCUT2D eigenvalue weighted by molar-refractivity contribution is 0.0714. The van der Waals surface area contributed by atoms with Crippen LogP contribution in [0, 0.1) is 5.82 Å². The molecule has 0 bridgehead atoms. The Labute approximate surface area is 148 Å². The molecule has 1 atom stereocenters. The van der Waals surface area contributed by atoms with Gasteiger partial charge in [-0.05, 0) is 42.5 Å². The Morgan fingerprint density at radius 1 is 1.28 bits per heavy atom. The quantitative estimate of drug-likeness (QED) is 0.759. The number of nitrogens with zero attached hydrogens (tertiary/aromatic N) is 2. The van der Waals surface area contributed by atoms with Gasteiger partial charge in [-0.3, -0.25) is 9.78 Å². The van der Waals surface area contributed by atoms with Crippen LogP contribution >= 0.6 is 11.6 Å². The van der Waals surface area contributed by atoms with Crippen molar-refractivity contribution in [3.05, 3.63) is 82.8 Å². The van der Waals surface area contributed by atoms with Crippen LogP contribution in [0.25, 0.3) is 0 Å². The van der Waals surface area contributed by atoms with Crippen LogP contribution in [0.5, 0.6) is 0 Å². The van der Waals surface area contributed by atoms with Crippen molar-refractivity contribution in [3.63, 3.8) is 0 Å². The van der Waals surface area contributed by atoms with Crippen molar-refractivity contribution in [2.45, 2.75) is 12.7 Å². The summed E-state index contributed by atoms with van der Waals surface area (Å²) >= 11 is 5.85. The second-order valence-corrected chi connectivity index (χ2v) is 6.03. The SMILES string of the molecule is O=C1c2cccnc2[C@H](Nc2ccc(F)c(Cl)c2)N1Cc1ccco1. The predicted molar refractivity (Wildman–Crippen MR) is 90.6 cm³/mol. The molecule has 1 aromatic carbocycles. The molecule has 1 aliphatic heterocycles. The van der Waals surface area contributed by atoms with Crippen LogP contribution < -0.4 is 5.32 Å². The molecule has 126 valence electrons. The topological polar surface area (TPSA) is 58.4 Å². The van der Waals surface area contributed by atoms with Gasteiger partial charge < -0.3 is 14.6 Å². The lowest BCUT2D eigenvalue weighted by atomic mass is 10.2. The Morgan fingerprint density at radius 3 is 2.92 bits per heavy atom. The van der Waals surface area contributed by atoms with Gasteiger partial charge in [0, 0.05) is 11.9 Å². The molecule has 3 aromatic rings. The van der Waals surface area contributed by atoms with Gasteiger partial charge in [-0.25, -0.2) is 4.39 Å². The number of pyridine rings is 1. The largest absolute Gasteiger partial charge is 0.467 e. The van der Waals surface area contributed by atoms with E-state index >= 15 is 0 Å². The Balaban J connectivity index is 1.70. The van der Waals surface area contributed by atoms with Crippen LogP contribution in [0.4, 0.5) is 10.1 Å². The van der Waals surface area contributed by atoms with Gasteiger partial charge in [0.2, 0.25) is 0 Å². The van der Waals surface area contributed by atoms with Crippen molar-refractivity contribution >= 4 is 23.2 Å². The summed E-state index contributed by atoms with van der Waals surface area (Å²) in [5.41, 5.74) is 1.73. The van der Waals surface area contributed by atoms with Crippen molar-refractivity contribution < 1.29 is 13.6 Å². The fourth-order valence-electron chi connectivity index (χ4n) is 2.86. The van der Waals surface area contributed by atoms with Crippen molar-refractivity contribution in [1.82, 2.24) is 9.88 Å². The third-order valence-electron chi connectivity index (χ3n) is 4.03. The van der Waals surface area contributed by atoms with Crippen molar-refractivity contribution in [2.24, 2.45) is 0 Å². The monoisotopic (exact) mass is 357 g/mol. The molecule has 0 radical (unpaired) electrons. The van der Waals surface area contributed by atoms with E-state index in [1.54, 1.807) is 47.7 Å². The zero-order chi connectivity index (χ0) is 17.4. The molecular weight excluding hydrogens is 345 g/mol. The summed E-state index contributed by atoms with van der Waals surface area (Å²) in [6.45, 7) is 0.286. The first-order valence-electron chi connectivity index (χ1n) is 7.63. The smallest absolute Gasteiger partial charge is 0.258 e. The van der Waals surface area contributed by atoms with E-state index in [0.717, 1.165) is 0 Å². The number of carbonyl (C=O) groups excluding carboxylic acids is 1. The number of furan rings is 1. The summed E-state index contributed by atoms with van der Waals surface area (Å²) in [7, 11) is 0. The normalized spacial score (nSPS) is 16.2. The minimum Gasteiger partial charge on any atom is -0.467 e. The molecule has 1 amide bonds. The van der Waals surface area contributed by atoms with Crippen molar-refractivity contribution in [1.29, 1.82) is 0 Å². The van der Waals surface area contributed by atoms with E-state index in [2.05, 4.69) is 10.3 Å². The molecule has 1 N–H and O–H groups in total. The maximum Gasteiger partial charge on any atom is 0.258 e. The minimum atomic E-state index is -0.504. The van der Waals surface area contributed by atoms with E-state index in [9.17, 15) is 9.18 Å². The number of hydrogen-bond acceptors (Lipinski definition) is 4. The maximum atomic E-state index is 13.4. The molecule has 0 spiro atoms. The Morgan fingerprint density at radius 2 is 2.16 bits per heavy atom. The van der Waals surface area contributed by atoms with Gasteiger partial charge in [0.1, 0.15) is 17.7 Å². The van der Waals surface area contributed by atoms with Gasteiger partial charge >= 0.3 is 0 Å². The second kappa shape index (κ2) is 6.22. The second-order valence-electron chi connectivity index (χ2n) is 5.62. The highest BCUT2D eigenvalue weighted by atomic mass is 35.5. The molecular formula is C18H13ClFN3O2. The summed E-state index contributed by atoms with van der Waals surface area (Å²) in [4.78, 5) is 18.7. The number of nitrogens with one attached hydrogen (secondary N) is 1. The van der Waals surface area contributed by atoms with Gasteiger partial charge in [-0.15, -0.1) is 0 Å². The molecule has 4 rings (SSSR count). The first-order valence-corrected chi connectivity index (χ1v) is 8.01. The Kier molecular flexibility index (Phi) is 3.89. The molecule has 0 saturated carbocycles. The number of rotatable bonds is 4. The lowest BCUT2D eigenvalue weighted by Crippen LogP contribution is -2.32. The molecule has 0 saturated heterocycles. The van der Waals surface area contributed by atoms with Crippen molar-refractivity contribution in [2.75, 3.05) is 5.32 Å². The third kappa shape index (κ3) is 2.85. The standard InChI is InChI=1S/C18H13ClFN3O2/c19-14-9-11(5-6-15(14)20)22-17-16-13(4-1-7-21-16)18(24)23(17)10-12-3-2-8-25-12/h1-9,17,22H,10H2/t17-/m1/s1. The van der Waals surface area contributed by atoms with Crippen LogP contribution in [0.1, 0.15) is 28.0 Å². The Hall–Kier alpha value is -2.86. The molecule has 7 heteroatoms. The molecule has 0 fully saturated rings. The number of anilines is 1. The fraction of sp³-hybridized carbons (Fsp3) is 0.111. The minimum absolute atomic E-state index is 0.00755. The van der Waals surface area contributed by atoms with E-state index in [1.165, 1.54) is 12.1 Å². The summed E-state index contributed by atoms with van der Waals surface area (Å²) in [6.07, 6.45) is 2.69. The lowest BCUT2D eigenvalue weighted by Gasteiger charge is -2.25. The van der Waals surface area contributed by atoms with E-state index in [4.69, 9.17) is 16.0 Å². The molecule has 2 aromatic heterocycles. The van der Waals surface area contributed by atoms with Gasteiger partial charge in [0.05, 0.1) is 29.1 Å².